The number of nitrogens with zero attached hydrogens (tertiary/aromatic N) is 1. The molecule has 0 unspecified atom stereocenters. The number of unbranched alkanes of at least 4 members (excludes halogenated alkanes) is 1. The first-order chi connectivity index (χ1) is 17.9. The van der Waals surface area contributed by atoms with Gasteiger partial charge in [-0.05, 0) is 78.2 Å². The van der Waals surface area contributed by atoms with Crippen molar-refractivity contribution in [1.29, 1.82) is 0 Å². The van der Waals surface area contributed by atoms with Crippen LogP contribution < -0.4 is 10.6 Å². The molecule has 3 atom stereocenters. The smallest absolute Gasteiger partial charge is 0.403 e. The Kier molecular flexibility index (Phi) is 10.5. The van der Waals surface area contributed by atoms with Crippen LogP contribution in [0.4, 0.5) is 0 Å². The highest BCUT2D eigenvalue weighted by Crippen LogP contribution is 2.43. The van der Waals surface area contributed by atoms with E-state index in [1.807, 2.05) is 6.07 Å². The summed E-state index contributed by atoms with van der Waals surface area (Å²) >= 11 is 0. The molecule has 7 nitrogen and oxygen atoms in total. The largest absolute Gasteiger partial charge is 0.457 e. The molecule has 8 heteroatoms. The molecule has 212 valence electrons. The number of benzene rings is 1. The molecule has 2 amide bonds. The average molecular weight is 528 g/mol. The van der Waals surface area contributed by atoms with E-state index in [0.717, 1.165) is 51.5 Å². The summed E-state index contributed by atoms with van der Waals surface area (Å²) in [7, 11) is 1.86. The highest BCUT2D eigenvalue weighted by Gasteiger charge is 2.53. The van der Waals surface area contributed by atoms with Gasteiger partial charge in [0.15, 0.2) is 0 Å². The molecule has 1 aliphatic heterocycles. The van der Waals surface area contributed by atoms with Gasteiger partial charge in [0.1, 0.15) is 5.54 Å². The molecular weight excluding hydrogens is 477 g/mol. The van der Waals surface area contributed by atoms with Crippen molar-refractivity contribution in [1.82, 2.24) is 15.5 Å². The predicted molar refractivity (Wildman–Crippen MR) is 154 cm³/mol. The Bertz CT molecular complexity index is 909. The van der Waals surface area contributed by atoms with E-state index in [-0.39, 0.29) is 36.1 Å². The first-order valence-electron chi connectivity index (χ1n) is 14.5. The first kappa shape index (κ1) is 30.6. The van der Waals surface area contributed by atoms with Crippen molar-refractivity contribution in [2.45, 2.75) is 110 Å². The van der Waals surface area contributed by atoms with Crippen LogP contribution in [0.5, 0.6) is 0 Å². The number of hydrogen-bond acceptors (Lipinski definition) is 5. The summed E-state index contributed by atoms with van der Waals surface area (Å²) in [5.41, 5.74) is -0.387. The molecule has 1 saturated heterocycles. The molecule has 1 heterocycles. The van der Waals surface area contributed by atoms with Crippen LogP contribution in [0, 0.1) is 11.8 Å². The molecule has 2 N–H and O–H groups in total. The van der Waals surface area contributed by atoms with Crippen molar-refractivity contribution < 1.29 is 18.9 Å². The summed E-state index contributed by atoms with van der Waals surface area (Å²) in [6.07, 6.45) is 6.14. The van der Waals surface area contributed by atoms with Gasteiger partial charge in [0.05, 0.1) is 11.2 Å². The number of rotatable bonds is 12. The van der Waals surface area contributed by atoms with Crippen LogP contribution in [0.3, 0.4) is 0 Å². The molecule has 0 spiro atoms. The zero-order valence-corrected chi connectivity index (χ0v) is 24.8. The van der Waals surface area contributed by atoms with Crippen molar-refractivity contribution in [2.24, 2.45) is 11.8 Å². The van der Waals surface area contributed by atoms with Gasteiger partial charge in [-0.25, -0.2) is 0 Å². The van der Waals surface area contributed by atoms with E-state index in [4.69, 9.17) is 9.31 Å². The zero-order chi connectivity index (χ0) is 28.0. The van der Waals surface area contributed by atoms with Gasteiger partial charge in [-0.3, -0.25) is 9.59 Å². The molecule has 1 aliphatic carbocycles. The van der Waals surface area contributed by atoms with Gasteiger partial charge >= 0.3 is 7.12 Å². The third-order valence-electron chi connectivity index (χ3n) is 8.79. The summed E-state index contributed by atoms with van der Waals surface area (Å²) in [6, 6.07) is 10.4. The quantitative estimate of drug-likeness (QED) is 0.301. The van der Waals surface area contributed by atoms with Gasteiger partial charge in [0, 0.05) is 32.5 Å². The van der Waals surface area contributed by atoms with Crippen LogP contribution in [0.1, 0.15) is 85.6 Å². The summed E-state index contributed by atoms with van der Waals surface area (Å²) in [5, 5.41) is 6.36. The molecule has 1 aromatic carbocycles. The third kappa shape index (κ3) is 7.61. The first-order valence-corrected chi connectivity index (χ1v) is 14.5. The number of amides is 2. The Balaban J connectivity index is 1.76. The minimum Gasteiger partial charge on any atom is -0.403 e. The van der Waals surface area contributed by atoms with Crippen molar-refractivity contribution in [3.63, 3.8) is 0 Å². The second-order valence-corrected chi connectivity index (χ2v) is 12.6. The van der Waals surface area contributed by atoms with Gasteiger partial charge < -0.3 is 24.8 Å². The number of nitrogens with one attached hydrogen (secondary N) is 2. The van der Waals surface area contributed by atoms with Crippen molar-refractivity contribution >= 4 is 18.9 Å². The Labute approximate surface area is 230 Å². The highest BCUT2D eigenvalue weighted by molar-refractivity contribution is 6.45. The average Bonchev–Trinajstić information content (AvgIpc) is 3.05. The van der Waals surface area contributed by atoms with E-state index < -0.39 is 5.54 Å². The van der Waals surface area contributed by atoms with Crippen LogP contribution in [-0.4, -0.2) is 60.7 Å². The normalized spacial score (nSPS) is 26.4. The standard InChI is InChI=1S/C30H50BN3O4/c1-8-9-19-32-27(36)30(33-23(2)35)20-24(17-18-31-37-28(3,4)29(5,6)38-31)15-16-26(30)22-34(7)21-25-13-11-10-12-14-25/h10-14,24,26H,8-9,15-22H2,1-7H3,(H,32,36)(H,33,35)/t24-,26-,30+/m0/s1. The SMILES string of the molecule is CCCCNC(=O)[C@@]1(NC(C)=O)C[C@H](CCB2OC(C)(C)C(C)(C)O2)CC[C@H]1CN(C)Cc1ccccc1. The zero-order valence-electron chi connectivity index (χ0n) is 24.8. The lowest BCUT2D eigenvalue weighted by Gasteiger charge is -2.47. The summed E-state index contributed by atoms with van der Waals surface area (Å²) in [4.78, 5) is 28.7. The van der Waals surface area contributed by atoms with E-state index in [1.54, 1.807) is 0 Å². The van der Waals surface area contributed by atoms with Crippen molar-refractivity contribution in [2.75, 3.05) is 20.1 Å². The molecule has 3 rings (SSSR count). The van der Waals surface area contributed by atoms with Gasteiger partial charge in [-0.1, -0.05) is 50.1 Å². The van der Waals surface area contributed by atoms with Crippen molar-refractivity contribution in [3.8, 4) is 0 Å². The molecule has 2 fully saturated rings. The fourth-order valence-electron chi connectivity index (χ4n) is 6.03. The third-order valence-corrected chi connectivity index (χ3v) is 8.79. The minimum atomic E-state index is -0.927. The number of hydrogen-bond donors (Lipinski definition) is 2. The fraction of sp³-hybridized carbons (Fsp3) is 0.733. The predicted octanol–water partition coefficient (Wildman–Crippen LogP) is 4.81. The summed E-state index contributed by atoms with van der Waals surface area (Å²) in [5.74, 6) is 0.126. The molecule has 2 aliphatic rings. The van der Waals surface area contributed by atoms with Gasteiger partial charge in [0.2, 0.25) is 11.8 Å². The van der Waals surface area contributed by atoms with E-state index in [2.05, 4.69) is 81.5 Å². The van der Waals surface area contributed by atoms with Crippen LogP contribution >= 0.6 is 0 Å². The minimum absolute atomic E-state index is 0.0230. The summed E-state index contributed by atoms with van der Waals surface area (Å²) < 4.78 is 12.5. The van der Waals surface area contributed by atoms with Crippen LogP contribution in [0.15, 0.2) is 30.3 Å². The maximum absolute atomic E-state index is 13.9. The molecular formula is C30H50BN3O4. The Morgan fingerprint density at radius 2 is 1.74 bits per heavy atom. The second kappa shape index (κ2) is 13.0. The lowest BCUT2D eigenvalue weighted by molar-refractivity contribution is -0.138. The Hall–Kier alpha value is -1.90. The lowest BCUT2D eigenvalue weighted by atomic mass is 9.65. The van der Waals surface area contributed by atoms with Gasteiger partial charge in [0.25, 0.3) is 0 Å². The maximum atomic E-state index is 13.9. The molecule has 1 saturated carbocycles. The van der Waals surface area contributed by atoms with Crippen LogP contribution in [-0.2, 0) is 25.4 Å². The molecule has 38 heavy (non-hydrogen) atoms. The monoisotopic (exact) mass is 527 g/mol. The van der Waals surface area contributed by atoms with Crippen LogP contribution in [0.25, 0.3) is 0 Å². The molecule has 1 aromatic rings. The van der Waals surface area contributed by atoms with Crippen LogP contribution in [0.2, 0.25) is 6.32 Å². The highest BCUT2D eigenvalue weighted by atomic mass is 16.7. The lowest BCUT2D eigenvalue weighted by Crippen LogP contribution is -2.66. The Morgan fingerprint density at radius 3 is 2.34 bits per heavy atom. The van der Waals surface area contributed by atoms with E-state index >= 15 is 0 Å². The van der Waals surface area contributed by atoms with E-state index in [1.165, 1.54) is 12.5 Å². The van der Waals surface area contributed by atoms with Crippen molar-refractivity contribution in [3.05, 3.63) is 35.9 Å². The summed E-state index contributed by atoms with van der Waals surface area (Å²) in [6.45, 7) is 14.1. The molecule has 0 radical (unpaired) electrons. The van der Waals surface area contributed by atoms with Gasteiger partial charge in [-0.15, -0.1) is 0 Å². The number of carbonyl (C=O) groups is 2. The number of carbonyl (C=O) groups excluding carboxylic acids is 2. The van der Waals surface area contributed by atoms with E-state index in [0.29, 0.717) is 18.9 Å². The van der Waals surface area contributed by atoms with E-state index in [9.17, 15) is 9.59 Å². The van der Waals surface area contributed by atoms with Gasteiger partial charge in [-0.2, -0.15) is 0 Å². The molecule has 0 bridgehead atoms. The second-order valence-electron chi connectivity index (χ2n) is 12.6. The Morgan fingerprint density at radius 1 is 1.08 bits per heavy atom. The fourth-order valence-corrected chi connectivity index (χ4v) is 6.03. The maximum Gasteiger partial charge on any atom is 0.457 e. The topological polar surface area (TPSA) is 79.9 Å². The molecule has 0 aromatic heterocycles.